The molecule has 0 aromatic heterocycles. The van der Waals surface area contributed by atoms with Gasteiger partial charge in [0, 0.05) is 18.4 Å². The van der Waals surface area contributed by atoms with Gasteiger partial charge in [0.1, 0.15) is 0 Å². The molecule has 1 aromatic carbocycles. The maximum Gasteiger partial charge on any atom is 0.230 e. The van der Waals surface area contributed by atoms with E-state index < -0.39 is 5.41 Å². The van der Waals surface area contributed by atoms with Gasteiger partial charge in [0.25, 0.3) is 0 Å². The van der Waals surface area contributed by atoms with Gasteiger partial charge in [0.05, 0.1) is 5.41 Å². The Morgan fingerprint density at radius 1 is 1.18 bits per heavy atom. The molecular weight excluding hydrogens is 214 g/mol. The molecule has 1 rings (SSSR count). The first-order chi connectivity index (χ1) is 8.00. The predicted octanol–water partition coefficient (Wildman–Crippen LogP) is 1.65. The summed E-state index contributed by atoms with van der Waals surface area (Å²) in [5.74, 6) is 0.00694. The minimum Gasteiger partial charge on any atom is -0.399 e. The number of carbonyl (C=O) groups excluding carboxylic acids is 1. The van der Waals surface area contributed by atoms with Crippen LogP contribution in [0, 0.1) is 0 Å². The number of nitrogens with one attached hydrogen (secondary N) is 1. The molecule has 0 saturated carbocycles. The number of likely N-dealkylation sites (N-methyl/N-ethyl adjacent to an activating group) is 1. The first kappa shape index (κ1) is 13.4. The number of carbonyl (C=O) groups is 1. The molecule has 0 unspecified atom stereocenters. The summed E-state index contributed by atoms with van der Waals surface area (Å²) in [4.78, 5) is 12.1. The molecule has 0 saturated heterocycles. The summed E-state index contributed by atoms with van der Waals surface area (Å²) < 4.78 is 0. The zero-order chi connectivity index (χ0) is 13.1. The van der Waals surface area contributed by atoms with E-state index in [4.69, 9.17) is 11.5 Å². The van der Waals surface area contributed by atoms with Gasteiger partial charge in [-0.2, -0.15) is 0 Å². The summed E-state index contributed by atoms with van der Waals surface area (Å²) in [5.41, 5.74) is 13.1. The number of rotatable bonds is 4. The van der Waals surface area contributed by atoms with E-state index in [0.29, 0.717) is 24.2 Å². The third-order valence-corrected chi connectivity index (χ3v) is 3.40. The molecule has 0 aliphatic carbocycles. The van der Waals surface area contributed by atoms with E-state index in [1.165, 1.54) is 0 Å². The van der Waals surface area contributed by atoms with Crippen molar-refractivity contribution in [1.82, 2.24) is 5.32 Å². The maximum absolute atomic E-state index is 12.1. The average Bonchev–Trinajstić information content (AvgIpc) is 2.29. The zero-order valence-corrected chi connectivity index (χ0v) is 10.7. The van der Waals surface area contributed by atoms with Crippen molar-refractivity contribution in [3.05, 3.63) is 23.8 Å². The molecule has 4 nitrogen and oxygen atoms in total. The summed E-state index contributed by atoms with van der Waals surface area (Å²) in [5, 5.41) is 2.72. The molecule has 0 atom stereocenters. The number of nitrogen functional groups attached to an aromatic ring is 2. The first-order valence-corrected chi connectivity index (χ1v) is 5.88. The van der Waals surface area contributed by atoms with Crippen molar-refractivity contribution in [2.45, 2.75) is 32.1 Å². The highest BCUT2D eigenvalue weighted by Crippen LogP contribution is 2.34. The zero-order valence-electron chi connectivity index (χ0n) is 10.7. The van der Waals surface area contributed by atoms with E-state index >= 15 is 0 Å². The highest BCUT2D eigenvalue weighted by Gasteiger charge is 2.36. The molecule has 5 N–H and O–H groups in total. The van der Waals surface area contributed by atoms with Crippen LogP contribution in [0.1, 0.15) is 32.3 Å². The van der Waals surface area contributed by atoms with E-state index in [9.17, 15) is 4.79 Å². The molecule has 17 heavy (non-hydrogen) atoms. The van der Waals surface area contributed by atoms with Crippen LogP contribution in [-0.2, 0) is 10.2 Å². The van der Waals surface area contributed by atoms with Gasteiger partial charge in [-0.15, -0.1) is 0 Å². The second-order valence-electron chi connectivity index (χ2n) is 4.26. The largest absolute Gasteiger partial charge is 0.399 e. The van der Waals surface area contributed by atoms with Crippen LogP contribution in [0.3, 0.4) is 0 Å². The molecule has 1 aromatic rings. The van der Waals surface area contributed by atoms with E-state index in [1.54, 1.807) is 13.1 Å². The first-order valence-electron chi connectivity index (χ1n) is 5.88. The number of anilines is 2. The summed E-state index contributed by atoms with van der Waals surface area (Å²) in [7, 11) is 1.65. The van der Waals surface area contributed by atoms with Crippen molar-refractivity contribution < 1.29 is 4.79 Å². The van der Waals surface area contributed by atoms with Crippen LogP contribution in [0.5, 0.6) is 0 Å². The number of benzene rings is 1. The van der Waals surface area contributed by atoms with Crippen molar-refractivity contribution in [2.75, 3.05) is 18.5 Å². The summed E-state index contributed by atoms with van der Waals surface area (Å²) in [6.45, 7) is 4.00. The van der Waals surface area contributed by atoms with Crippen molar-refractivity contribution >= 4 is 17.3 Å². The van der Waals surface area contributed by atoms with Gasteiger partial charge in [0.15, 0.2) is 0 Å². The minimum absolute atomic E-state index is 0.00694. The number of hydrogen-bond acceptors (Lipinski definition) is 3. The number of hydrogen-bond donors (Lipinski definition) is 3. The Morgan fingerprint density at radius 2 is 1.65 bits per heavy atom. The van der Waals surface area contributed by atoms with Crippen molar-refractivity contribution in [1.29, 1.82) is 0 Å². The quantitative estimate of drug-likeness (QED) is 0.694. The van der Waals surface area contributed by atoms with Crippen LogP contribution >= 0.6 is 0 Å². The minimum atomic E-state index is -0.543. The fourth-order valence-corrected chi connectivity index (χ4v) is 2.30. The van der Waals surface area contributed by atoms with Crippen LogP contribution in [0.4, 0.5) is 11.4 Å². The molecular formula is C13H21N3O. The Labute approximate surface area is 102 Å². The Hall–Kier alpha value is -1.71. The lowest BCUT2D eigenvalue weighted by Gasteiger charge is -2.30. The molecule has 0 aliphatic heterocycles. The van der Waals surface area contributed by atoms with Gasteiger partial charge < -0.3 is 16.8 Å². The molecule has 0 spiro atoms. The predicted molar refractivity (Wildman–Crippen MR) is 71.6 cm³/mol. The van der Waals surface area contributed by atoms with Crippen LogP contribution in [0.25, 0.3) is 0 Å². The van der Waals surface area contributed by atoms with Gasteiger partial charge in [-0.3, -0.25) is 4.79 Å². The highest BCUT2D eigenvalue weighted by atomic mass is 16.2. The Kier molecular flexibility index (Phi) is 3.99. The Bertz CT molecular complexity index is 391. The molecule has 4 heteroatoms. The molecule has 0 aliphatic rings. The topological polar surface area (TPSA) is 81.1 Å². The lowest BCUT2D eigenvalue weighted by molar-refractivity contribution is -0.126. The molecule has 94 valence electrons. The lowest BCUT2D eigenvalue weighted by atomic mass is 9.74. The second-order valence-corrected chi connectivity index (χ2v) is 4.26. The molecule has 1 amide bonds. The SMILES string of the molecule is CCC(CC)(C(=O)NC)c1cc(N)cc(N)c1. The molecule has 0 radical (unpaired) electrons. The second kappa shape index (κ2) is 5.08. The third-order valence-electron chi connectivity index (χ3n) is 3.40. The monoisotopic (exact) mass is 235 g/mol. The normalized spacial score (nSPS) is 11.2. The molecule has 0 bridgehead atoms. The average molecular weight is 235 g/mol. The van der Waals surface area contributed by atoms with Crippen LogP contribution in [0.2, 0.25) is 0 Å². The third kappa shape index (κ3) is 2.35. The van der Waals surface area contributed by atoms with Crippen LogP contribution < -0.4 is 16.8 Å². The molecule has 0 heterocycles. The fraction of sp³-hybridized carbons (Fsp3) is 0.462. The fourth-order valence-electron chi connectivity index (χ4n) is 2.30. The number of amides is 1. The Morgan fingerprint density at radius 3 is 2.00 bits per heavy atom. The van der Waals surface area contributed by atoms with Gasteiger partial charge in [-0.05, 0) is 36.6 Å². The van der Waals surface area contributed by atoms with Gasteiger partial charge >= 0.3 is 0 Å². The van der Waals surface area contributed by atoms with Gasteiger partial charge in [-0.25, -0.2) is 0 Å². The summed E-state index contributed by atoms with van der Waals surface area (Å²) >= 11 is 0. The molecule has 0 fully saturated rings. The highest BCUT2D eigenvalue weighted by molar-refractivity contribution is 5.88. The van der Waals surface area contributed by atoms with E-state index in [2.05, 4.69) is 5.32 Å². The van der Waals surface area contributed by atoms with Crippen molar-refractivity contribution in [3.8, 4) is 0 Å². The van der Waals surface area contributed by atoms with Gasteiger partial charge in [-0.1, -0.05) is 13.8 Å². The number of nitrogens with two attached hydrogens (primary N) is 2. The summed E-state index contributed by atoms with van der Waals surface area (Å²) in [6.07, 6.45) is 1.43. The summed E-state index contributed by atoms with van der Waals surface area (Å²) in [6, 6.07) is 5.36. The Balaban J connectivity index is 3.36. The standard InChI is InChI=1S/C13H21N3O/c1-4-13(5-2,12(17)16-3)9-6-10(14)8-11(15)7-9/h6-8H,4-5,14-15H2,1-3H3,(H,16,17). The van der Waals surface area contributed by atoms with Crippen molar-refractivity contribution in [3.63, 3.8) is 0 Å². The maximum atomic E-state index is 12.1. The van der Waals surface area contributed by atoms with Crippen LogP contribution in [0.15, 0.2) is 18.2 Å². The lowest BCUT2D eigenvalue weighted by Crippen LogP contribution is -2.42. The van der Waals surface area contributed by atoms with Gasteiger partial charge in [0.2, 0.25) is 5.91 Å². The van der Waals surface area contributed by atoms with Crippen LogP contribution in [-0.4, -0.2) is 13.0 Å². The smallest absolute Gasteiger partial charge is 0.230 e. The van der Waals surface area contributed by atoms with E-state index in [-0.39, 0.29) is 5.91 Å². The van der Waals surface area contributed by atoms with Crippen molar-refractivity contribution in [2.24, 2.45) is 0 Å². The van der Waals surface area contributed by atoms with E-state index in [0.717, 1.165) is 5.56 Å². The van der Waals surface area contributed by atoms with E-state index in [1.807, 2.05) is 26.0 Å².